The van der Waals surface area contributed by atoms with Gasteiger partial charge in [-0.2, -0.15) is 30.1 Å². The number of hydrogen-bond acceptors (Lipinski definition) is 31. The summed E-state index contributed by atoms with van der Waals surface area (Å²) in [6, 6.07) is 8.85. The summed E-state index contributed by atoms with van der Waals surface area (Å²) in [5.74, 6) is -0.719. The van der Waals surface area contributed by atoms with E-state index in [-0.39, 0.29) is 118 Å². The number of likely N-dealkylation sites (N-methyl/N-ethyl adjacent to an activating group) is 2. The minimum absolute atomic E-state index is 0.0230. The first-order valence-corrected chi connectivity index (χ1v) is 49.2. The molecule has 0 bridgehead atoms. The molecule has 145 heavy (non-hydrogen) atoms. The fourth-order valence-electron chi connectivity index (χ4n) is 16.9. The molecule has 18 heterocycles. The normalized spacial score (nSPS) is 15.6. The quantitative estimate of drug-likeness (QED) is 0.0139. The molecule has 12 aromatic heterocycles. The number of hydrogen-bond donors (Lipinski definition) is 12. The number of pyridine rings is 1. The Balaban J connectivity index is 0.000000145. The van der Waals surface area contributed by atoms with Gasteiger partial charge in [0.15, 0.2) is 23.3 Å². The second-order valence-electron chi connectivity index (χ2n) is 34.4. The average molecular weight is 2080 g/mol. The van der Waals surface area contributed by atoms with E-state index in [9.17, 15) is 38.4 Å². The van der Waals surface area contributed by atoms with E-state index in [4.69, 9.17) is 78.8 Å². The number of fused-ring (bicyclic) bond motifs is 4. The zero-order valence-electron chi connectivity index (χ0n) is 81.5. The molecular weight excluding hydrogens is 1960 g/mol. The highest BCUT2D eigenvalue weighted by molar-refractivity contribution is 7.11. The van der Waals surface area contributed by atoms with E-state index < -0.39 is 0 Å². The van der Waals surface area contributed by atoms with Crippen molar-refractivity contribution in [3.05, 3.63) is 218 Å². The Labute approximate surface area is 858 Å². The molecule has 8 amide bonds. The Morgan fingerprint density at radius 1 is 0.476 bits per heavy atom. The van der Waals surface area contributed by atoms with Gasteiger partial charge >= 0.3 is 0 Å². The number of nitrogens with two attached hydrogens (primary N) is 4. The molecule has 49 heteroatoms. The number of halogens is 4. The summed E-state index contributed by atoms with van der Waals surface area (Å²) in [5.41, 5.74) is 35.2. The molecule has 6 aliphatic heterocycles. The first kappa shape index (κ1) is 105. The number of carbonyl (C=O) groups is 8. The first-order valence-electron chi connectivity index (χ1n) is 46.9. The van der Waals surface area contributed by atoms with Crippen molar-refractivity contribution in [3.8, 4) is 0 Å². The largest absolute Gasteiger partial charge is 0.379 e. The molecule has 0 unspecified atom stereocenters. The van der Waals surface area contributed by atoms with E-state index in [1.807, 2.05) is 46.0 Å². The van der Waals surface area contributed by atoms with E-state index in [2.05, 4.69) is 149 Å². The van der Waals surface area contributed by atoms with Crippen molar-refractivity contribution < 1.29 is 47.8 Å². The van der Waals surface area contributed by atoms with Gasteiger partial charge in [0.25, 0.3) is 47.3 Å². The minimum atomic E-state index is -0.309. The zero-order valence-corrected chi connectivity index (χ0v) is 85.4. The molecule has 0 aromatic carbocycles. The molecule has 2 fully saturated rings. The van der Waals surface area contributed by atoms with Crippen LogP contribution in [0.5, 0.6) is 0 Å². The van der Waals surface area contributed by atoms with Crippen molar-refractivity contribution in [2.75, 3.05) is 174 Å². The molecule has 6 aliphatic rings. The summed E-state index contributed by atoms with van der Waals surface area (Å²) in [7, 11) is 3.60. The summed E-state index contributed by atoms with van der Waals surface area (Å²) in [5, 5.41) is 21.4. The van der Waals surface area contributed by atoms with E-state index in [1.54, 1.807) is 116 Å². The predicted molar refractivity (Wildman–Crippen MR) is 556 cm³/mol. The lowest BCUT2D eigenvalue weighted by Crippen LogP contribution is -2.41. The van der Waals surface area contributed by atoms with Crippen molar-refractivity contribution in [2.24, 2.45) is 14.1 Å². The molecule has 44 nitrogen and oxygen atoms in total. The number of anilines is 8. The van der Waals surface area contributed by atoms with Crippen LogP contribution in [-0.2, 0) is 68.9 Å². The van der Waals surface area contributed by atoms with Crippen LogP contribution < -0.4 is 63.8 Å². The van der Waals surface area contributed by atoms with Gasteiger partial charge in [-0.3, -0.25) is 82.1 Å². The number of amides is 8. The smallest absolute Gasteiger partial charge is 0.260 e. The molecular formula is C96H112Cl4N34O10S. The molecule has 0 spiro atoms. The van der Waals surface area contributed by atoms with Crippen molar-refractivity contribution >= 4 is 199 Å². The zero-order chi connectivity index (χ0) is 103. The number of aryl methyl sites for hydroxylation is 4. The summed E-state index contributed by atoms with van der Waals surface area (Å²) >= 11 is 27.2. The van der Waals surface area contributed by atoms with E-state index in [1.165, 1.54) is 30.9 Å². The second-order valence-corrected chi connectivity index (χ2v) is 37.1. The topological polar surface area (TPSA) is 561 Å². The number of carbonyl (C=O) groups excluding carboxylic acids is 8. The Hall–Kier alpha value is -14.5. The van der Waals surface area contributed by atoms with Gasteiger partial charge in [0, 0.05) is 175 Å². The standard InChI is InChI=1S/C25H29ClN8O2.C24H30ClN9O2.C24H27ClN8O3S.C23H26ClN9O3/c1-4-33(5-2)10-9-29-23(35)18-13-30-19(15(18)3)11-17-20-21(26)31-25(27)32-22(20)34(24(17)36)14-16-7-6-8-28-12-16;1-5-33(6-2)10-8-27-22(35)17-12-28-18(14(17)3)11-16-19-20(25)29-24(26)30-21(19)34(23(16)36)13-15-7-9-32(4)31-15;1-13-14(2)37-18(29-13)12-33-21-19(20(25)30-24(26)31-21)17(23(33)35)10-16-9-15(11-28-16)22(34)27-3-4-32-5-7-36-8-6-32;1-31-12-14(10-28-31)13-33-20-18(19(24)29-23(25)30-20)17(22(33)35)9-16-8-15(11-27-16)21(34)26-2-3-32-4-6-36-7-5-32/h6-8,11-13,30H,4-5,9-10,14H2,1-3H3,(H,29,35)(H2,27,31,32);7,9,11-12,28H,5-6,8,10,13H2,1-4H3,(H,27,35)(H2,26,29,30);9-11,28H,3-8,12H2,1-2H3,(H,27,34)(H2,26,30,31);8-12,27H,2-7,13H2,1H3,(H,26,34)(H2,25,29,30)/b17-11-;16-11-;17-10-;17-9-. The maximum Gasteiger partial charge on any atom is 0.260 e. The van der Waals surface area contributed by atoms with Crippen molar-refractivity contribution in [3.63, 3.8) is 0 Å². The van der Waals surface area contributed by atoms with E-state index in [0.29, 0.717) is 177 Å². The maximum absolute atomic E-state index is 13.5. The van der Waals surface area contributed by atoms with Gasteiger partial charge in [-0.15, -0.1) is 11.3 Å². The summed E-state index contributed by atoms with van der Waals surface area (Å²) in [4.78, 5) is 175. The molecule has 18 rings (SSSR count). The van der Waals surface area contributed by atoms with Crippen LogP contribution in [0.2, 0.25) is 20.6 Å². The van der Waals surface area contributed by atoms with Crippen LogP contribution in [0, 0.1) is 27.7 Å². The number of aromatic amines is 4. The molecule has 0 aliphatic carbocycles. The lowest BCUT2D eigenvalue weighted by Gasteiger charge is -2.26. The fourth-order valence-corrected chi connectivity index (χ4v) is 18.9. The van der Waals surface area contributed by atoms with Gasteiger partial charge in [0.2, 0.25) is 23.8 Å². The number of H-pyrrole nitrogens is 4. The monoisotopic (exact) mass is 2070 g/mol. The van der Waals surface area contributed by atoms with Gasteiger partial charge in [-0.05, 0) is 119 Å². The fraction of sp³-hybridized carbons (Fsp3) is 0.354. The SMILES string of the molecule is CCN(CC)CCNC(=O)c1c[nH]c(/C=C2\C(=O)N(Cc3cccnc3)c3nc(N)nc(Cl)c32)c1C.CCN(CC)CCNC(=O)c1c[nH]c(/C=C2\C(=O)N(Cc3ccn(C)n3)c3nc(N)nc(Cl)c32)c1C.Cc1nc(CN2C(=O)/C(=C\c3cc(C(=O)NCCN4CCOCC4)c[nH]3)c3c(Cl)nc(N)nc32)sc1C.Cn1cc(CN2C(=O)/C(=C\c3cc(C(=O)NCCN4CCOCC4)c[nH]3)c3c(Cl)nc(N)nc32)cn1. The first-order chi connectivity index (χ1) is 69.7. The molecule has 12 aromatic rings. The Bertz CT molecular complexity index is 6940. The Morgan fingerprint density at radius 2 is 0.876 bits per heavy atom. The summed E-state index contributed by atoms with van der Waals surface area (Å²) < 4.78 is 14.0. The number of aromatic nitrogens is 18. The van der Waals surface area contributed by atoms with Gasteiger partial charge in [0.1, 0.15) is 25.6 Å². The highest BCUT2D eigenvalue weighted by Gasteiger charge is 2.43. The molecule has 0 radical (unpaired) electrons. The van der Waals surface area contributed by atoms with Gasteiger partial charge < -0.3 is 83.4 Å². The third kappa shape index (κ3) is 24.8. The van der Waals surface area contributed by atoms with Crippen LogP contribution in [-0.4, -0.2) is 287 Å². The van der Waals surface area contributed by atoms with Gasteiger partial charge in [-0.25, -0.2) is 24.9 Å². The lowest BCUT2D eigenvalue weighted by molar-refractivity contribution is -0.113. The number of rotatable bonds is 32. The van der Waals surface area contributed by atoms with E-state index >= 15 is 0 Å². The second kappa shape index (κ2) is 47.3. The number of nitrogens with one attached hydrogen (secondary N) is 8. The van der Waals surface area contributed by atoms with Crippen molar-refractivity contribution in [2.45, 2.75) is 81.6 Å². The van der Waals surface area contributed by atoms with Crippen LogP contribution in [0.1, 0.15) is 158 Å². The molecule has 2 saturated heterocycles. The minimum Gasteiger partial charge on any atom is -0.379 e. The lowest BCUT2D eigenvalue weighted by atomic mass is 10.1. The summed E-state index contributed by atoms with van der Waals surface area (Å²) in [6.07, 6.45) is 21.8. The number of nitrogen functional groups attached to an aromatic ring is 4. The third-order valence-corrected chi connectivity index (χ3v) is 27.0. The summed E-state index contributed by atoms with van der Waals surface area (Å²) in [6.45, 7) is 32.1. The van der Waals surface area contributed by atoms with Gasteiger partial charge in [-0.1, -0.05) is 80.2 Å². The predicted octanol–water partition coefficient (Wildman–Crippen LogP) is 8.33. The molecule has 16 N–H and O–H groups in total. The van der Waals surface area contributed by atoms with Crippen LogP contribution in [0.25, 0.3) is 46.6 Å². The molecule has 760 valence electrons. The number of morpholine rings is 2. The highest BCUT2D eigenvalue weighted by atomic mass is 35.5. The van der Waals surface area contributed by atoms with Crippen LogP contribution in [0.3, 0.4) is 0 Å². The average Bonchev–Trinajstić information content (AvgIpc) is 1.61. The Kier molecular flexibility index (Phi) is 34.2. The third-order valence-electron chi connectivity index (χ3n) is 24.9. The van der Waals surface area contributed by atoms with Crippen molar-refractivity contribution in [1.29, 1.82) is 0 Å². The maximum atomic E-state index is 13.5. The van der Waals surface area contributed by atoms with Gasteiger partial charge in [0.05, 0.1) is 137 Å². The number of ether oxygens (including phenoxy) is 2. The van der Waals surface area contributed by atoms with Crippen molar-refractivity contribution in [1.82, 2.24) is 130 Å². The highest BCUT2D eigenvalue weighted by Crippen LogP contribution is 2.47. The van der Waals surface area contributed by atoms with Crippen LogP contribution in [0.15, 0.2) is 86.1 Å². The van der Waals surface area contributed by atoms with Crippen LogP contribution >= 0.6 is 57.7 Å². The molecule has 0 saturated carbocycles. The number of thiazole rings is 1. The molecule has 0 atom stereocenters. The number of nitrogens with zero attached hydrogens (tertiary/aromatic N) is 22. The Morgan fingerprint density at radius 3 is 1.25 bits per heavy atom. The van der Waals surface area contributed by atoms with Crippen LogP contribution in [0.4, 0.5) is 47.1 Å². The van der Waals surface area contributed by atoms with E-state index in [0.717, 1.165) is 111 Å².